The molecule has 4 nitrogen and oxygen atoms in total. The number of rotatable bonds is 7. The fourth-order valence-electron chi connectivity index (χ4n) is 1.87. The molecule has 0 aliphatic heterocycles. The number of benzene rings is 1. The first-order chi connectivity index (χ1) is 10.1. The van der Waals surface area contributed by atoms with Gasteiger partial charge in [0, 0.05) is 24.3 Å². The Morgan fingerprint density at radius 2 is 2.24 bits per heavy atom. The minimum absolute atomic E-state index is 0.0508. The first-order valence-corrected chi connectivity index (χ1v) is 7.47. The van der Waals surface area contributed by atoms with Gasteiger partial charge in [0.15, 0.2) is 0 Å². The van der Waals surface area contributed by atoms with Crippen molar-refractivity contribution in [3.8, 4) is 6.07 Å². The van der Waals surface area contributed by atoms with Crippen molar-refractivity contribution in [2.75, 3.05) is 17.7 Å². The van der Waals surface area contributed by atoms with Gasteiger partial charge < -0.3 is 10.6 Å². The molecule has 112 valence electrons. The highest BCUT2D eigenvalue weighted by molar-refractivity contribution is 6.17. The lowest BCUT2D eigenvalue weighted by Gasteiger charge is -2.12. The van der Waals surface area contributed by atoms with Gasteiger partial charge in [0.05, 0.1) is 0 Å². The molecule has 5 heteroatoms. The topological polar surface area (TPSA) is 64.9 Å². The van der Waals surface area contributed by atoms with Crippen LogP contribution in [0.2, 0.25) is 0 Å². The third kappa shape index (κ3) is 5.13. The highest BCUT2D eigenvalue weighted by atomic mass is 35.5. The standard InChI is InChI=1S/C16H20ClN3O/c1-3-13-7-4-6-12(2)15(13)20-16(21)14(10-18)11-19-9-5-8-17/h4,6-7,11,19H,3,5,8-9H2,1-2H3,(H,20,21)/b14-11-. The van der Waals surface area contributed by atoms with Gasteiger partial charge >= 0.3 is 0 Å². The lowest BCUT2D eigenvalue weighted by molar-refractivity contribution is -0.112. The van der Waals surface area contributed by atoms with Crippen molar-refractivity contribution in [3.63, 3.8) is 0 Å². The Morgan fingerprint density at radius 3 is 2.86 bits per heavy atom. The number of nitriles is 1. The van der Waals surface area contributed by atoms with E-state index in [1.54, 1.807) is 0 Å². The van der Waals surface area contributed by atoms with E-state index >= 15 is 0 Å². The smallest absolute Gasteiger partial charge is 0.267 e. The number of nitrogens with zero attached hydrogens (tertiary/aromatic N) is 1. The van der Waals surface area contributed by atoms with Gasteiger partial charge in [0.1, 0.15) is 11.6 Å². The number of hydrogen-bond donors (Lipinski definition) is 2. The quantitative estimate of drug-likeness (QED) is 0.352. The molecule has 0 radical (unpaired) electrons. The van der Waals surface area contributed by atoms with E-state index in [0.717, 1.165) is 29.7 Å². The molecule has 0 aromatic heterocycles. The van der Waals surface area contributed by atoms with Crippen LogP contribution in [0.1, 0.15) is 24.5 Å². The molecule has 0 bridgehead atoms. The van der Waals surface area contributed by atoms with Crippen LogP contribution in [-0.4, -0.2) is 18.3 Å². The van der Waals surface area contributed by atoms with E-state index in [2.05, 4.69) is 10.6 Å². The summed E-state index contributed by atoms with van der Waals surface area (Å²) in [6.07, 6.45) is 3.03. The molecular weight excluding hydrogens is 286 g/mol. The van der Waals surface area contributed by atoms with Gasteiger partial charge in [-0.15, -0.1) is 11.6 Å². The second-order valence-electron chi connectivity index (χ2n) is 4.58. The maximum absolute atomic E-state index is 12.2. The van der Waals surface area contributed by atoms with E-state index in [4.69, 9.17) is 16.9 Å². The highest BCUT2D eigenvalue weighted by Crippen LogP contribution is 2.21. The predicted octanol–water partition coefficient (Wildman–Crippen LogP) is 3.12. The molecule has 0 atom stereocenters. The van der Waals surface area contributed by atoms with Crippen molar-refractivity contribution in [2.45, 2.75) is 26.7 Å². The number of amides is 1. The maximum atomic E-state index is 12.2. The number of anilines is 1. The third-order valence-electron chi connectivity index (χ3n) is 3.04. The Kier molecular flexibility index (Phi) is 7.34. The first-order valence-electron chi connectivity index (χ1n) is 6.93. The average molecular weight is 306 g/mol. The van der Waals surface area contributed by atoms with E-state index in [1.165, 1.54) is 6.20 Å². The molecule has 2 N–H and O–H groups in total. The van der Waals surface area contributed by atoms with Crippen LogP contribution in [0.4, 0.5) is 5.69 Å². The monoisotopic (exact) mass is 305 g/mol. The number of nitrogens with one attached hydrogen (secondary N) is 2. The molecule has 1 amide bonds. The van der Waals surface area contributed by atoms with Crippen LogP contribution < -0.4 is 10.6 Å². The van der Waals surface area contributed by atoms with Gasteiger partial charge in [-0.1, -0.05) is 25.1 Å². The summed E-state index contributed by atoms with van der Waals surface area (Å²) in [4.78, 5) is 12.2. The fourth-order valence-corrected chi connectivity index (χ4v) is 2.01. The van der Waals surface area contributed by atoms with Crippen LogP contribution in [-0.2, 0) is 11.2 Å². The fraction of sp³-hybridized carbons (Fsp3) is 0.375. The number of halogens is 1. The van der Waals surface area contributed by atoms with Crippen LogP contribution in [0, 0.1) is 18.3 Å². The third-order valence-corrected chi connectivity index (χ3v) is 3.31. The highest BCUT2D eigenvalue weighted by Gasteiger charge is 2.12. The van der Waals surface area contributed by atoms with Gasteiger partial charge in [-0.3, -0.25) is 4.79 Å². The summed E-state index contributed by atoms with van der Waals surface area (Å²) in [5, 5.41) is 14.8. The lowest BCUT2D eigenvalue weighted by atomic mass is 10.1. The first kappa shape index (κ1) is 17.1. The number of alkyl halides is 1. The molecule has 0 aliphatic rings. The summed E-state index contributed by atoms with van der Waals surface area (Å²) in [6.45, 7) is 4.59. The van der Waals surface area contributed by atoms with Crippen molar-refractivity contribution in [2.24, 2.45) is 0 Å². The van der Waals surface area contributed by atoms with Crippen LogP contribution >= 0.6 is 11.6 Å². The van der Waals surface area contributed by atoms with Gasteiger partial charge in [0.2, 0.25) is 0 Å². The van der Waals surface area contributed by atoms with E-state index in [-0.39, 0.29) is 5.57 Å². The molecule has 1 aromatic rings. The number of hydrogen-bond acceptors (Lipinski definition) is 3. The maximum Gasteiger partial charge on any atom is 0.267 e. The number of para-hydroxylation sites is 1. The van der Waals surface area contributed by atoms with Gasteiger partial charge in [-0.25, -0.2) is 0 Å². The summed E-state index contributed by atoms with van der Waals surface area (Å²) in [5.41, 5.74) is 2.87. The zero-order valence-electron chi connectivity index (χ0n) is 12.4. The van der Waals surface area contributed by atoms with Crippen molar-refractivity contribution >= 4 is 23.2 Å². The summed E-state index contributed by atoms with van der Waals surface area (Å²) >= 11 is 5.57. The van der Waals surface area contributed by atoms with Gasteiger partial charge in [-0.05, 0) is 30.9 Å². The molecule has 0 aliphatic carbocycles. The molecule has 0 spiro atoms. The Balaban J connectivity index is 2.82. The Labute approximate surface area is 130 Å². The zero-order chi connectivity index (χ0) is 15.7. The molecule has 0 fully saturated rings. The number of carbonyl (C=O) groups excluding carboxylic acids is 1. The zero-order valence-corrected chi connectivity index (χ0v) is 13.1. The van der Waals surface area contributed by atoms with Crippen LogP contribution in [0.15, 0.2) is 30.0 Å². The van der Waals surface area contributed by atoms with E-state index in [9.17, 15) is 4.79 Å². The van der Waals surface area contributed by atoms with Gasteiger partial charge in [-0.2, -0.15) is 5.26 Å². The SMILES string of the molecule is CCc1cccc(C)c1NC(=O)/C(C#N)=C\NCCCCl. The Bertz CT molecular complexity index is 561. The van der Waals surface area contributed by atoms with Crippen LogP contribution in [0.25, 0.3) is 0 Å². The molecule has 1 rings (SSSR count). The molecule has 1 aromatic carbocycles. The van der Waals surface area contributed by atoms with E-state index in [1.807, 2.05) is 38.1 Å². The summed E-state index contributed by atoms with van der Waals surface area (Å²) in [6, 6.07) is 7.77. The number of aryl methyl sites for hydroxylation is 2. The largest absolute Gasteiger partial charge is 0.390 e. The molecule has 0 saturated heterocycles. The lowest BCUT2D eigenvalue weighted by Crippen LogP contribution is -2.18. The molecule has 0 heterocycles. The molecule has 0 saturated carbocycles. The molecular formula is C16H20ClN3O. The van der Waals surface area contributed by atoms with Crippen LogP contribution in [0.5, 0.6) is 0 Å². The van der Waals surface area contributed by atoms with Crippen molar-refractivity contribution in [1.82, 2.24) is 5.32 Å². The summed E-state index contributed by atoms with van der Waals surface area (Å²) < 4.78 is 0. The minimum atomic E-state index is -0.403. The molecule has 0 unspecified atom stereocenters. The van der Waals surface area contributed by atoms with E-state index in [0.29, 0.717) is 12.4 Å². The number of carbonyl (C=O) groups is 1. The average Bonchev–Trinajstić information content (AvgIpc) is 2.49. The van der Waals surface area contributed by atoms with Crippen molar-refractivity contribution in [3.05, 3.63) is 41.1 Å². The molecule has 21 heavy (non-hydrogen) atoms. The van der Waals surface area contributed by atoms with E-state index < -0.39 is 5.91 Å². The van der Waals surface area contributed by atoms with Crippen LogP contribution in [0.3, 0.4) is 0 Å². The predicted molar refractivity (Wildman–Crippen MR) is 86.2 cm³/mol. The van der Waals surface area contributed by atoms with Gasteiger partial charge in [0.25, 0.3) is 5.91 Å². The Morgan fingerprint density at radius 1 is 1.48 bits per heavy atom. The summed E-state index contributed by atoms with van der Waals surface area (Å²) in [7, 11) is 0. The normalized spacial score (nSPS) is 10.9. The summed E-state index contributed by atoms with van der Waals surface area (Å²) in [5.74, 6) is 0.137. The second kappa shape index (κ2) is 9.04. The Hall–Kier alpha value is -1.99. The van der Waals surface area contributed by atoms with Crippen molar-refractivity contribution < 1.29 is 4.79 Å². The van der Waals surface area contributed by atoms with Crippen molar-refractivity contribution in [1.29, 1.82) is 5.26 Å². The second-order valence-corrected chi connectivity index (χ2v) is 4.96. The minimum Gasteiger partial charge on any atom is -0.390 e.